The molecule has 5 nitrogen and oxygen atoms in total. The largest absolute Gasteiger partial charge is 0.416 e. The van der Waals surface area contributed by atoms with E-state index < -0.39 is 35.1 Å². The van der Waals surface area contributed by atoms with Gasteiger partial charge in [-0.15, -0.1) is 0 Å². The monoisotopic (exact) mass is 405 g/mol. The van der Waals surface area contributed by atoms with Gasteiger partial charge in [-0.1, -0.05) is 11.6 Å². The summed E-state index contributed by atoms with van der Waals surface area (Å²) in [4.78, 5) is 30.0. The van der Waals surface area contributed by atoms with Gasteiger partial charge in [-0.05, 0) is 42.8 Å². The number of benzene rings is 1. The van der Waals surface area contributed by atoms with E-state index in [-0.39, 0.29) is 22.4 Å². The van der Waals surface area contributed by atoms with Crippen LogP contribution in [0, 0.1) is 12.7 Å². The third-order valence-corrected chi connectivity index (χ3v) is 4.14. The lowest BCUT2D eigenvalue weighted by Gasteiger charge is -2.21. The molecule has 2 heterocycles. The number of H-pyrrole nitrogens is 1. The second kappa shape index (κ2) is 7.86. The number of aryl methyl sites for hydroxylation is 1. The standard InChI is InChI=1S/C20H15F4N3O2/c1-11-7-13(9-14(8-11)20(22,23)24)17(18-15(21)3-2-6-25-18)27-19(29)12-4-5-16(28)26-10-12/h2-10,17H,1H3,(H,26,28)(H,27,29). The van der Waals surface area contributed by atoms with Crippen molar-refractivity contribution in [1.82, 2.24) is 15.3 Å². The number of amides is 1. The van der Waals surface area contributed by atoms with E-state index in [4.69, 9.17) is 0 Å². The molecule has 2 N–H and O–H groups in total. The van der Waals surface area contributed by atoms with Crippen LogP contribution in [-0.2, 0) is 6.18 Å². The number of alkyl halides is 3. The molecule has 0 aliphatic rings. The molecule has 0 saturated carbocycles. The topological polar surface area (TPSA) is 74.8 Å². The molecule has 0 saturated heterocycles. The SMILES string of the molecule is Cc1cc(C(NC(=O)c2ccc(=O)[nH]c2)c2ncccc2F)cc(C(F)(F)F)c1. The number of aromatic amines is 1. The minimum Gasteiger partial charge on any atom is -0.339 e. The van der Waals surface area contributed by atoms with Crippen molar-refractivity contribution in [3.8, 4) is 0 Å². The van der Waals surface area contributed by atoms with Crippen LogP contribution in [0.1, 0.15) is 38.8 Å². The third-order valence-electron chi connectivity index (χ3n) is 4.14. The highest BCUT2D eigenvalue weighted by Gasteiger charge is 2.32. The second-order valence-corrected chi connectivity index (χ2v) is 6.35. The minimum atomic E-state index is -4.61. The Morgan fingerprint density at radius 2 is 1.93 bits per heavy atom. The second-order valence-electron chi connectivity index (χ2n) is 6.35. The van der Waals surface area contributed by atoms with Gasteiger partial charge >= 0.3 is 6.18 Å². The van der Waals surface area contributed by atoms with Gasteiger partial charge in [-0.25, -0.2) is 4.39 Å². The van der Waals surface area contributed by atoms with Gasteiger partial charge in [0.1, 0.15) is 11.5 Å². The maximum atomic E-state index is 14.4. The Bertz CT molecular complexity index is 1090. The lowest BCUT2D eigenvalue weighted by atomic mass is 9.97. The van der Waals surface area contributed by atoms with E-state index in [2.05, 4.69) is 15.3 Å². The number of nitrogens with one attached hydrogen (secondary N) is 2. The fraction of sp³-hybridized carbons (Fsp3) is 0.150. The van der Waals surface area contributed by atoms with Crippen LogP contribution >= 0.6 is 0 Å². The van der Waals surface area contributed by atoms with Gasteiger partial charge in [0.05, 0.1) is 17.2 Å². The zero-order chi connectivity index (χ0) is 21.2. The van der Waals surface area contributed by atoms with Crippen LogP contribution in [-0.4, -0.2) is 15.9 Å². The Labute approximate surface area is 162 Å². The zero-order valence-corrected chi connectivity index (χ0v) is 15.0. The van der Waals surface area contributed by atoms with Gasteiger partial charge in [-0.3, -0.25) is 14.6 Å². The van der Waals surface area contributed by atoms with Crippen LogP contribution in [0.2, 0.25) is 0 Å². The van der Waals surface area contributed by atoms with Crippen LogP contribution in [0.3, 0.4) is 0 Å². The van der Waals surface area contributed by atoms with Crippen molar-refractivity contribution in [2.45, 2.75) is 19.1 Å². The highest BCUT2D eigenvalue weighted by atomic mass is 19.4. The summed E-state index contributed by atoms with van der Waals surface area (Å²) in [5.74, 6) is -1.50. The van der Waals surface area contributed by atoms with Crippen LogP contribution in [0.15, 0.2) is 59.7 Å². The van der Waals surface area contributed by atoms with Gasteiger partial charge in [0.2, 0.25) is 5.56 Å². The molecule has 150 valence electrons. The molecular formula is C20H15F4N3O2. The first kappa shape index (κ1) is 20.2. The Balaban J connectivity index is 2.08. The average molecular weight is 405 g/mol. The number of rotatable bonds is 4. The molecule has 0 aliphatic carbocycles. The van der Waals surface area contributed by atoms with E-state index in [0.717, 1.165) is 30.5 Å². The number of pyridine rings is 2. The fourth-order valence-electron chi connectivity index (χ4n) is 2.83. The molecule has 9 heteroatoms. The van der Waals surface area contributed by atoms with Crippen molar-refractivity contribution in [1.29, 1.82) is 0 Å². The smallest absolute Gasteiger partial charge is 0.339 e. The van der Waals surface area contributed by atoms with Crippen molar-refractivity contribution in [2.75, 3.05) is 0 Å². The van der Waals surface area contributed by atoms with Crippen LogP contribution < -0.4 is 10.9 Å². The highest BCUT2D eigenvalue weighted by Crippen LogP contribution is 2.33. The zero-order valence-electron chi connectivity index (χ0n) is 15.0. The number of hydrogen-bond acceptors (Lipinski definition) is 3. The van der Waals surface area contributed by atoms with Crippen LogP contribution in [0.25, 0.3) is 0 Å². The van der Waals surface area contributed by atoms with Gasteiger partial charge < -0.3 is 10.3 Å². The first-order chi connectivity index (χ1) is 13.6. The molecular weight excluding hydrogens is 390 g/mol. The summed E-state index contributed by atoms with van der Waals surface area (Å²) in [5, 5.41) is 2.50. The molecule has 3 rings (SSSR count). The Kier molecular flexibility index (Phi) is 5.49. The molecule has 0 radical (unpaired) electrons. The molecule has 0 aliphatic heterocycles. The molecule has 1 unspecified atom stereocenters. The van der Waals surface area contributed by atoms with Gasteiger partial charge in [0.25, 0.3) is 5.91 Å². The number of nitrogens with zero attached hydrogens (tertiary/aromatic N) is 1. The highest BCUT2D eigenvalue weighted by molar-refractivity contribution is 5.94. The van der Waals surface area contributed by atoms with Crippen molar-refractivity contribution in [2.24, 2.45) is 0 Å². The molecule has 0 spiro atoms. The number of hydrogen-bond donors (Lipinski definition) is 2. The molecule has 2 aromatic heterocycles. The van der Waals surface area contributed by atoms with E-state index >= 15 is 0 Å². The summed E-state index contributed by atoms with van der Waals surface area (Å²) in [6.45, 7) is 1.47. The molecule has 1 atom stereocenters. The average Bonchev–Trinajstić information content (AvgIpc) is 2.66. The molecule has 29 heavy (non-hydrogen) atoms. The van der Waals surface area contributed by atoms with Gasteiger partial charge in [-0.2, -0.15) is 13.2 Å². The summed E-state index contributed by atoms with van der Waals surface area (Å²) in [6, 6.07) is 6.74. The number of carbonyl (C=O) groups is 1. The summed E-state index contributed by atoms with van der Waals surface area (Å²) < 4.78 is 54.1. The Morgan fingerprint density at radius 3 is 2.55 bits per heavy atom. The maximum absolute atomic E-state index is 14.4. The van der Waals surface area contributed by atoms with Crippen molar-refractivity contribution < 1.29 is 22.4 Å². The molecule has 3 aromatic rings. The lowest BCUT2D eigenvalue weighted by molar-refractivity contribution is -0.137. The van der Waals surface area contributed by atoms with E-state index in [1.165, 1.54) is 31.3 Å². The van der Waals surface area contributed by atoms with Crippen LogP contribution in [0.5, 0.6) is 0 Å². The normalized spacial score (nSPS) is 12.4. The molecule has 0 fully saturated rings. The van der Waals surface area contributed by atoms with Crippen molar-refractivity contribution in [3.63, 3.8) is 0 Å². The number of halogens is 4. The van der Waals surface area contributed by atoms with Gasteiger partial charge in [0, 0.05) is 18.5 Å². The third kappa shape index (κ3) is 4.68. The Morgan fingerprint density at radius 1 is 1.17 bits per heavy atom. The number of carbonyl (C=O) groups excluding carboxylic acids is 1. The first-order valence-electron chi connectivity index (χ1n) is 8.44. The molecule has 1 aromatic carbocycles. The molecule has 0 bridgehead atoms. The predicted octanol–water partition coefficient (Wildman–Crippen LogP) is 3.76. The first-order valence-corrected chi connectivity index (χ1v) is 8.44. The Hall–Kier alpha value is -3.49. The fourth-order valence-corrected chi connectivity index (χ4v) is 2.83. The summed E-state index contributed by atoms with van der Waals surface area (Å²) in [5.41, 5.74) is -1.23. The quantitative estimate of drug-likeness (QED) is 0.649. The maximum Gasteiger partial charge on any atom is 0.416 e. The van der Waals surface area contributed by atoms with E-state index in [1.807, 2.05) is 0 Å². The van der Waals surface area contributed by atoms with Crippen molar-refractivity contribution in [3.05, 3.63) is 99.0 Å². The van der Waals surface area contributed by atoms with Gasteiger partial charge in [0.15, 0.2) is 0 Å². The molecule has 1 amide bonds. The summed E-state index contributed by atoms with van der Waals surface area (Å²) in [7, 11) is 0. The summed E-state index contributed by atoms with van der Waals surface area (Å²) >= 11 is 0. The van der Waals surface area contributed by atoms with Crippen molar-refractivity contribution >= 4 is 5.91 Å². The minimum absolute atomic E-state index is 0.0210. The predicted molar refractivity (Wildman–Crippen MR) is 96.7 cm³/mol. The lowest BCUT2D eigenvalue weighted by Crippen LogP contribution is -2.31. The number of aromatic nitrogens is 2. The summed E-state index contributed by atoms with van der Waals surface area (Å²) in [6.07, 6.45) is -2.18. The van der Waals surface area contributed by atoms with E-state index in [1.54, 1.807) is 0 Å². The van der Waals surface area contributed by atoms with E-state index in [9.17, 15) is 27.2 Å². The van der Waals surface area contributed by atoms with Crippen LogP contribution in [0.4, 0.5) is 17.6 Å². The van der Waals surface area contributed by atoms with E-state index in [0.29, 0.717) is 0 Å².